The zero-order valence-electron chi connectivity index (χ0n) is 15.7. The van der Waals surface area contributed by atoms with Crippen LogP contribution in [0.1, 0.15) is 30.0 Å². The maximum atomic E-state index is 6.22. The molecule has 0 aliphatic rings. The standard InChI is InChI=1S/C21H21Cl2N3OS/c1-4-10-26-20(15(3)27-19-9-8-17(22)12-18(19)23)24-25-21(26)28-13-16-7-5-6-14(2)11-16/h4-9,11-12,15H,1,10,13H2,2-3H3. The minimum absolute atomic E-state index is 0.334. The van der Waals surface area contributed by atoms with E-state index in [1.165, 1.54) is 11.1 Å². The third-order valence-corrected chi connectivity index (χ3v) is 5.64. The second-order valence-electron chi connectivity index (χ2n) is 6.35. The second kappa shape index (κ2) is 9.50. The van der Waals surface area contributed by atoms with Crippen LogP contribution < -0.4 is 4.74 Å². The molecule has 0 N–H and O–H groups in total. The first-order valence-corrected chi connectivity index (χ1v) is 10.6. The Kier molecular flexibility index (Phi) is 7.05. The van der Waals surface area contributed by atoms with Gasteiger partial charge in [-0.25, -0.2) is 0 Å². The number of rotatable bonds is 8. The van der Waals surface area contributed by atoms with E-state index in [-0.39, 0.29) is 6.10 Å². The van der Waals surface area contributed by atoms with E-state index < -0.39 is 0 Å². The summed E-state index contributed by atoms with van der Waals surface area (Å²) in [5, 5.41) is 10.6. The number of aryl methyl sites for hydroxylation is 1. The monoisotopic (exact) mass is 433 g/mol. The van der Waals surface area contributed by atoms with Crippen LogP contribution in [-0.2, 0) is 12.3 Å². The molecule has 0 aliphatic carbocycles. The molecule has 0 saturated carbocycles. The van der Waals surface area contributed by atoms with Crippen molar-refractivity contribution in [2.24, 2.45) is 0 Å². The van der Waals surface area contributed by atoms with E-state index in [1.54, 1.807) is 30.0 Å². The predicted octanol–water partition coefficient (Wildman–Crippen LogP) is 6.51. The van der Waals surface area contributed by atoms with Crippen LogP contribution in [0.15, 0.2) is 60.3 Å². The maximum absolute atomic E-state index is 6.22. The molecule has 146 valence electrons. The molecule has 28 heavy (non-hydrogen) atoms. The van der Waals surface area contributed by atoms with Gasteiger partial charge in [-0.3, -0.25) is 4.57 Å². The van der Waals surface area contributed by atoms with Crippen molar-refractivity contribution >= 4 is 35.0 Å². The molecule has 2 aromatic carbocycles. The van der Waals surface area contributed by atoms with Crippen LogP contribution in [-0.4, -0.2) is 14.8 Å². The van der Waals surface area contributed by atoms with Gasteiger partial charge >= 0.3 is 0 Å². The summed E-state index contributed by atoms with van der Waals surface area (Å²) in [4.78, 5) is 0. The lowest BCUT2D eigenvalue weighted by Gasteiger charge is -2.16. The lowest BCUT2D eigenvalue weighted by atomic mass is 10.2. The molecule has 0 bridgehead atoms. The van der Waals surface area contributed by atoms with Crippen LogP contribution in [0.4, 0.5) is 0 Å². The average Bonchev–Trinajstić information content (AvgIpc) is 3.05. The van der Waals surface area contributed by atoms with Gasteiger partial charge in [0.25, 0.3) is 0 Å². The Morgan fingerprint density at radius 2 is 2.04 bits per heavy atom. The zero-order chi connectivity index (χ0) is 20.1. The molecular weight excluding hydrogens is 413 g/mol. The van der Waals surface area contributed by atoms with Crippen molar-refractivity contribution in [1.29, 1.82) is 0 Å². The van der Waals surface area contributed by atoms with E-state index in [1.807, 2.05) is 17.6 Å². The summed E-state index contributed by atoms with van der Waals surface area (Å²) in [6.45, 7) is 8.46. The highest BCUT2D eigenvalue weighted by atomic mass is 35.5. The quantitative estimate of drug-likeness (QED) is 0.299. The number of thioether (sulfide) groups is 1. The van der Waals surface area contributed by atoms with Gasteiger partial charge in [-0.1, -0.05) is 70.9 Å². The Morgan fingerprint density at radius 1 is 1.21 bits per heavy atom. The Bertz CT molecular complexity index is 974. The second-order valence-corrected chi connectivity index (χ2v) is 8.14. The first-order chi connectivity index (χ1) is 13.5. The van der Waals surface area contributed by atoms with Crippen LogP contribution in [0, 0.1) is 6.92 Å². The third-order valence-electron chi connectivity index (χ3n) is 4.07. The van der Waals surface area contributed by atoms with Crippen LogP contribution in [0.3, 0.4) is 0 Å². The fourth-order valence-electron chi connectivity index (χ4n) is 2.77. The molecule has 1 unspecified atom stereocenters. The summed E-state index contributed by atoms with van der Waals surface area (Å²) in [6, 6.07) is 13.6. The van der Waals surface area contributed by atoms with Crippen molar-refractivity contribution in [2.45, 2.75) is 37.4 Å². The molecule has 0 fully saturated rings. The molecule has 1 heterocycles. The fraction of sp³-hybridized carbons (Fsp3) is 0.238. The molecule has 3 rings (SSSR count). The van der Waals surface area contributed by atoms with E-state index >= 15 is 0 Å². The number of benzene rings is 2. The van der Waals surface area contributed by atoms with Gasteiger partial charge in [0, 0.05) is 17.3 Å². The number of ether oxygens (including phenoxy) is 1. The van der Waals surface area contributed by atoms with E-state index in [4.69, 9.17) is 27.9 Å². The first kappa shape index (κ1) is 20.8. The number of halogens is 2. The number of allylic oxidation sites excluding steroid dienone is 1. The van der Waals surface area contributed by atoms with Crippen molar-refractivity contribution in [3.8, 4) is 5.75 Å². The Morgan fingerprint density at radius 3 is 2.75 bits per heavy atom. The van der Waals surface area contributed by atoms with Crippen molar-refractivity contribution in [1.82, 2.24) is 14.8 Å². The number of aromatic nitrogens is 3. The van der Waals surface area contributed by atoms with Gasteiger partial charge in [-0.15, -0.1) is 16.8 Å². The lowest BCUT2D eigenvalue weighted by Crippen LogP contribution is -2.12. The molecule has 0 saturated heterocycles. The normalized spacial score (nSPS) is 12.0. The largest absolute Gasteiger partial charge is 0.481 e. The predicted molar refractivity (Wildman–Crippen MR) is 116 cm³/mol. The van der Waals surface area contributed by atoms with Gasteiger partial charge in [0.1, 0.15) is 5.75 Å². The molecule has 0 amide bonds. The summed E-state index contributed by atoms with van der Waals surface area (Å²) < 4.78 is 8.02. The van der Waals surface area contributed by atoms with E-state index in [0.29, 0.717) is 22.3 Å². The van der Waals surface area contributed by atoms with Crippen molar-refractivity contribution in [3.63, 3.8) is 0 Å². The highest BCUT2D eigenvalue weighted by molar-refractivity contribution is 7.98. The molecule has 1 atom stereocenters. The van der Waals surface area contributed by atoms with Crippen LogP contribution in [0.2, 0.25) is 10.0 Å². The number of hydrogen-bond acceptors (Lipinski definition) is 4. The van der Waals surface area contributed by atoms with Gasteiger partial charge in [0.2, 0.25) is 0 Å². The topological polar surface area (TPSA) is 39.9 Å². The van der Waals surface area contributed by atoms with Crippen LogP contribution in [0.5, 0.6) is 5.75 Å². The summed E-state index contributed by atoms with van der Waals surface area (Å²) in [6.07, 6.45) is 1.49. The number of nitrogens with zero attached hydrogens (tertiary/aromatic N) is 3. The van der Waals surface area contributed by atoms with Crippen LogP contribution >= 0.6 is 35.0 Å². The highest BCUT2D eigenvalue weighted by Crippen LogP contribution is 2.32. The average molecular weight is 434 g/mol. The van der Waals surface area contributed by atoms with Crippen molar-refractivity contribution in [3.05, 3.63) is 82.1 Å². The summed E-state index contributed by atoms with van der Waals surface area (Å²) in [5.74, 6) is 2.09. The van der Waals surface area contributed by atoms with Crippen molar-refractivity contribution in [2.75, 3.05) is 0 Å². The van der Waals surface area contributed by atoms with E-state index in [0.717, 1.165) is 16.7 Å². The summed E-state index contributed by atoms with van der Waals surface area (Å²) >= 11 is 13.8. The van der Waals surface area contributed by atoms with Gasteiger partial charge in [0.05, 0.1) is 5.02 Å². The Balaban J connectivity index is 1.78. The third kappa shape index (κ3) is 5.10. The van der Waals surface area contributed by atoms with Gasteiger partial charge in [0.15, 0.2) is 17.1 Å². The van der Waals surface area contributed by atoms with Gasteiger partial charge < -0.3 is 4.74 Å². The number of hydrogen-bond donors (Lipinski definition) is 0. The first-order valence-electron chi connectivity index (χ1n) is 8.82. The van der Waals surface area contributed by atoms with Crippen molar-refractivity contribution < 1.29 is 4.74 Å². The molecule has 1 aromatic heterocycles. The zero-order valence-corrected chi connectivity index (χ0v) is 18.1. The maximum Gasteiger partial charge on any atom is 0.191 e. The smallest absolute Gasteiger partial charge is 0.191 e. The Labute approximate surface area is 179 Å². The van der Waals surface area contributed by atoms with Crippen LogP contribution in [0.25, 0.3) is 0 Å². The Hall–Kier alpha value is -1.95. The molecule has 0 aliphatic heterocycles. The van der Waals surface area contributed by atoms with Gasteiger partial charge in [-0.2, -0.15) is 0 Å². The summed E-state index contributed by atoms with van der Waals surface area (Å²) in [5.41, 5.74) is 2.49. The van der Waals surface area contributed by atoms with E-state index in [2.05, 4.69) is 48.0 Å². The highest BCUT2D eigenvalue weighted by Gasteiger charge is 2.20. The lowest BCUT2D eigenvalue weighted by molar-refractivity contribution is 0.210. The van der Waals surface area contributed by atoms with Gasteiger partial charge in [-0.05, 0) is 37.6 Å². The molecule has 3 aromatic rings. The van der Waals surface area contributed by atoms with E-state index in [9.17, 15) is 0 Å². The minimum atomic E-state index is -0.334. The fourth-order valence-corrected chi connectivity index (χ4v) is 4.12. The minimum Gasteiger partial charge on any atom is -0.481 e. The molecule has 4 nitrogen and oxygen atoms in total. The summed E-state index contributed by atoms with van der Waals surface area (Å²) in [7, 11) is 0. The SMILES string of the molecule is C=CCn1c(SCc2cccc(C)c2)nnc1C(C)Oc1ccc(Cl)cc1Cl. The molecule has 0 radical (unpaired) electrons. The molecular formula is C21H21Cl2N3OS. The molecule has 0 spiro atoms. The molecule has 7 heteroatoms.